The van der Waals surface area contributed by atoms with Crippen LogP contribution in [0, 0.1) is 11.8 Å². The summed E-state index contributed by atoms with van der Waals surface area (Å²) in [5, 5.41) is 0. The van der Waals surface area contributed by atoms with Gasteiger partial charge in [-0.1, -0.05) is 42.5 Å². The van der Waals surface area contributed by atoms with Crippen LogP contribution in [0.4, 0.5) is 5.69 Å². The molecule has 0 radical (unpaired) electrons. The summed E-state index contributed by atoms with van der Waals surface area (Å²) in [5.74, 6) is 3.08. The molecule has 4 atom stereocenters. The molecule has 4 aliphatic rings. The summed E-state index contributed by atoms with van der Waals surface area (Å²) in [6, 6.07) is 21.1. The molecule has 4 saturated heterocycles. The zero-order valence-corrected chi connectivity index (χ0v) is 17.9. The van der Waals surface area contributed by atoms with Crippen LogP contribution >= 0.6 is 0 Å². The smallest absolute Gasteiger partial charge is 0.105 e. The van der Waals surface area contributed by atoms with E-state index in [2.05, 4.69) is 64.4 Å². The highest BCUT2D eigenvalue weighted by molar-refractivity contribution is 5.86. The van der Waals surface area contributed by atoms with Crippen LogP contribution in [0.5, 0.6) is 0 Å². The molecule has 0 saturated carbocycles. The molecule has 156 valence electrons. The van der Waals surface area contributed by atoms with E-state index in [0.29, 0.717) is 0 Å². The van der Waals surface area contributed by atoms with Crippen LogP contribution in [-0.2, 0) is 0 Å². The first-order chi connectivity index (χ1) is 14.9. The van der Waals surface area contributed by atoms with Crippen molar-refractivity contribution in [3.05, 3.63) is 54.6 Å². The molecule has 4 fully saturated rings. The molecule has 3 heteroatoms. The Bertz CT molecular complexity index is 901. The van der Waals surface area contributed by atoms with E-state index in [4.69, 9.17) is 4.99 Å². The summed E-state index contributed by atoms with van der Waals surface area (Å²) >= 11 is 0. The van der Waals surface area contributed by atoms with Crippen molar-refractivity contribution in [2.45, 2.75) is 57.0 Å². The molecule has 4 aliphatic heterocycles. The second-order valence-electron chi connectivity index (χ2n) is 9.79. The van der Waals surface area contributed by atoms with E-state index >= 15 is 0 Å². The first-order valence-corrected chi connectivity index (χ1v) is 12.1. The van der Waals surface area contributed by atoms with Gasteiger partial charge in [-0.05, 0) is 86.7 Å². The van der Waals surface area contributed by atoms with Crippen LogP contribution in [0.15, 0.2) is 59.6 Å². The third-order valence-corrected chi connectivity index (χ3v) is 8.14. The van der Waals surface area contributed by atoms with Crippen LogP contribution in [0.3, 0.4) is 0 Å². The summed E-state index contributed by atoms with van der Waals surface area (Å²) in [4.78, 5) is 10.8. The van der Waals surface area contributed by atoms with E-state index in [1.165, 1.54) is 75.1 Å². The molecular weight excluding hydrogens is 366 g/mol. The summed E-state index contributed by atoms with van der Waals surface area (Å²) < 4.78 is 0. The Labute approximate surface area is 180 Å². The largest absolute Gasteiger partial charge is 0.356 e. The highest BCUT2D eigenvalue weighted by Gasteiger charge is 2.49. The Balaban J connectivity index is 1.27. The number of fused-ring (bicyclic) bond motifs is 2. The Morgan fingerprint density at radius 2 is 1.53 bits per heavy atom. The number of aliphatic imine (C=N–C) groups is 1. The summed E-state index contributed by atoms with van der Waals surface area (Å²) in [6.07, 6.45) is 9.44. The maximum absolute atomic E-state index is 5.21. The first kappa shape index (κ1) is 18.6. The van der Waals surface area contributed by atoms with Crippen LogP contribution in [0.25, 0.3) is 11.1 Å². The first-order valence-electron chi connectivity index (χ1n) is 12.1. The molecule has 2 aromatic rings. The minimum Gasteiger partial charge on any atom is -0.356 e. The lowest BCUT2D eigenvalue weighted by atomic mass is 9.68. The number of amidine groups is 1. The Morgan fingerprint density at radius 1 is 0.767 bits per heavy atom. The summed E-state index contributed by atoms with van der Waals surface area (Å²) in [7, 11) is 0. The zero-order valence-electron chi connectivity index (χ0n) is 17.9. The highest BCUT2D eigenvalue weighted by Crippen LogP contribution is 2.45. The maximum atomic E-state index is 5.21. The fraction of sp³-hybridized carbons (Fsp3) is 0.519. The van der Waals surface area contributed by atoms with Gasteiger partial charge in [0.2, 0.25) is 0 Å². The van der Waals surface area contributed by atoms with Crippen molar-refractivity contribution < 1.29 is 0 Å². The fourth-order valence-corrected chi connectivity index (χ4v) is 6.90. The Kier molecular flexibility index (Phi) is 4.87. The molecule has 0 amide bonds. The van der Waals surface area contributed by atoms with E-state index < -0.39 is 0 Å². The monoisotopic (exact) mass is 399 g/mol. The predicted octanol–water partition coefficient (Wildman–Crippen LogP) is 5.74. The molecule has 2 aromatic carbocycles. The second-order valence-corrected chi connectivity index (χ2v) is 9.79. The van der Waals surface area contributed by atoms with Crippen molar-refractivity contribution in [3.8, 4) is 11.1 Å². The van der Waals surface area contributed by atoms with Gasteiger partial charge in [-0.3, -0.25) is 4.90 Å². The van der Waals surface area contributed by atoms with E-state index in [-0.39, 0.29) is 0 Å². The number of nitrogens with zero attached hydrogens (tertiary/aromatic N) is 3. The van der Waals surface area contributed by atoms with Gasteiger partial charge in [-0.15, -0.1) is 0 Å². The average molecular weight is 400 g/mol. The molecule has 3 nitrogen and oxygen atoms in total. The maximum Gasteiger partial charge on any atom is 0.105 e. The van der Waals surface area contributed by atoms with Gasteiger partial charge < -0.3 is 4.90 Å². The van der Waals surface area contributed by atoms with Gasteiger partial charge >= 0.3 is 0 Å². The van der Waals surface area contributed by atoms with Crippen molar-refractivity contribution in [1.29, 1.82) is 0 Å². The van der Waals surface area contributed by atoms with E-state index in [1.54, 1.807) is 0 Å². The fourth-order valence-electron chi connectivity index (χ4n) is 6.90. The van der Waals surface area contributed by atoms with Crippen molar-refractivity contribution >= 4 is 11.5 Å². The Morgan fingerprint density at radius 3 is 2.37 bits per heavy atom. The normalized spacial score (nSPS) is 32.5. The number of hydrogen-bond donors (Lipinski definition) is 0. The van der Waals surface area contributed by atoms with Crippen molar-refractivity contribution in [2.24, 2.45) is 16.8 Å². The average Bonchev–Trinajstić information content (AvgIpc) is 2.81. The minimum absolute atomic E-state index is 0.725. The van der Waals surface area contributed by atoms with Gasteiger partial charge in [0.15, 0.2) is 0 Å². The Hall–Kier alpha value is -2.13. The van der Waals surface area contributed by atoms with Crippen molar-refractivity contribution in [2.75, 3.05) is 19.6 Å². The third kappa shape index (κ3) is 3.28. The summed E-state index contributed by atoms with van der Waals surface area (Å²) in [5.41, 5.74) is 3.66. The van der Waals surface area contributed by atoms with Gasteiger partial charge in [0.1, 0.15) is 5.84 Å². The SMILES string of the molecule is c1ccc(-c2ccc(N=C3CCC[C@@H]4[C@H]5CCCN6CCC[C@H](CN34)[C@@H]56)cc2)cc1. The van der Waals surface area contributed by atoms with Crippen LogP contribution in [-0.4, -0.2) is 47.4 Å². The number of rotatable bonds is 2. The van der Waals surface area contributed by atoms with Crippen molar-refractivity contribution in [3.63, 3.8) is 0 Å². The molecule has 0 aromatic heterocycles. The topological polar surface area (TPSA) is 18.8 Å². The minimum atomic E-state index is 0.725. The molecule has 6 rings (SSSR count). The number of piperidine rings is 4. The van der Waals surface area contributed by atoms with Crippen LogP contribution < -0.4 is 0 Å². The number of benzene rings is 2. The molecule has 0 unspecified atom stereocenters. The van der Waals surface area contributed by atoms with Crippen LogP contribution in [0.1, 0.15) is 44.9 Å². The lowest BCUT2D eigenvalue weighted by Gasteiger charge is -2.59. The quantitative estimate of drug-likeness (QED) is 0.641. The second kappa shape index (κ2) is 7.85. The van der Waals surface area contributed by atoms with Crippen molar-refractivity contribution in [1.82, 2.24) is 9.80 Å². The molecule has 0 aliphatic carbocycles. The molecule has 30 heavy (non-hydrogen) atoms. The molecule has 0 spiro atoms. The zero-order chi connectivity index (χ0) is 19.9. The van der Waals surface area contributed by atoms with Gasteiger partial charge in [-0.2, -0.15) is 0 Å². The molecule has 0 bridgehead atoms. The lowest BCUT2D eigenvalue weighted by molar-refractivity contribution is -0.0604. The standard InChI is InChI=1S/C27H33N3/c1-2-7-20(8-3-1)21-13-15-23(16-14-21)28-26-12-4-11-25-24-10-6-18-29-17-5-9-22(27(24)29)19-30(25)26/h1-3,7-8,13-16,22,24-25,27H,4-6,9-12,17-19H2/t22-,24-,25-,27+/m1/s1. The highest BCUT2D eigenvalue weighted by atomic mass is 15.3. The third-order valence-electron chi connectivity index (χ3n) is 8.14. The van der Waals surface area contributed by atoms with Gasteiger partial charge in [0.05, 0.1) is 5.69 Å². The van der Waals surface area contributed by atoms with Gasteiger partial charge in [-0.25, -0.2) is 4.99 Å². The molecule has 4 heterocycles. The van der Waals surface area contributed by atoms with E-state index in [1.807, 2.05) is 0 Å². The van der Waals surface area contributed by atoms with Crippen LogP contribution in [0.2, 0.25) is 0 Å². The number of hydrogen-bond acceptors (Lipinski definition) is 2. The van der Waals surface area contributed by atoms with E-state index in [0.717, 1.165) is 36.0 Å². The van der Waals surface area contributed by atoms with Gasteiger partial charge in [0.25, 0.3) is 0 Å². The molecule has 0 N–H and O–H groups in total. The lowest BCUT2D eigenvalue weighted by Crippen LogP contribution is -2.66. The van der Waals surface area contributed by atoms with Gasteiger partial charge in [0, 0.05) is 25.0 Å². The predicted molar refractivity (Wildman–Crippen MR) is 124 cm³/mol. The summed E-state index contributed by atoms with van der Waals surface area (Å²) in [6.45, 7) is 3.93. The van der Waals surface area contributed by atoms with E-state index in [9.17, 15) is 0 Å². The molecular formula is C27H33N3.